The summed E-state index contributed by atoms with van der Waals surface area (Å²) in [6.45, 7) is 8.76. The van der Waals surface area contributed by atoms with E-state index in [0.717, 1.165) is 11.3 Å². The second-order valence-corrected chi connectivity index (χ2v) is 7.02. The summed E-state index contributed by atoms with van der Waals surface area (Å²) in [5, 5.41) is 2.94. The number of urea groups is 1. The lowest BCUT2D eigenvalue weighted by Gasteiger charge is -2.30. The smallest absolute Gasteiger partial charge is 0.317 e. The van der Waals surface area contributed by atoms with Crippen LogP contribution in [-0.4, -0.2) is 43.2 Å². The third-order valence-electron chi connectivity index (χ3n) is 4.35. The second kappa shape index (κ2) is 10.0. The predicted octanol–water partition coefficient (Wildman–Crippen LogP) is 3.21. The average Bonchev–Trinajstić information content (AvgIpc) is 2.65. The van der Waals surface area contributed by atoms with Gasteiger partial charge in [-0.25, -0.2) is 4.79 Å². The molecule has 6 nitrogen and oxygen atoms in total. The van der Waals surface area contributed by atoms with Gasteiger partial charge in [0.1, 0.15) is 5.75 Å². The van der Waals surface area contributed by atoms with Gasteiger partial charge in [-0.05, 0) is 43.4 Å². The van der Waals surface area contributed by atoms with Crippen LogP contribution in [0.4, 0.5) is 4.79 Å². The average molecular weight is 362 g/mol. The van der Waals surface area contributed by atoms with E-state index >= 15 is 0 Å². The summed E-state index contributed by atoms with van der Waals surface area (Å²) in [4.78, 5) is 25.8. The van der Waals surface area contributed by atoms with Crippen LogP contribution in [0.15, 0.2) is 24.3 Å². The van der Waals surface area contributed by atoms with Gasteiger partial charge in [-0.1, -0.05) is 26.0 Å². The normalized spacial score (nSPS) is 15.0. The Labute approximate surface area is 155 Å². The van der Waals surface area contributed by atoms with E-state index in [-0.39, 0.29) is 17.9 Å². The molecule has 1 aliphatic rings. The van der Waals surface area contributed by atoms with E-state index in [9.17, 15) is 9.59 Å². The van der Waals surface area contributed by atoms with E-state index in [1.165, 1.54) is 0 Å². The molecule has 0 aromatic heterocycles. The molecule has 1 fully saturated rings. The van der Waals surface area contributed by atoms with Crippen LogP contribution in [0.1, 0.15) is 39.2 Å². The van der Waals surface area contributed by atoms with Gasteiger partial charge in [0.2, 0.25) is 0 Å². The van der Waals surface area contributed by atoms with Crippen LogP contribution in [0.3, 0.4) is 0 Å². The quantitative estimate of drug-likeness (QED) is 0.757. The first-order chi connectivity index (χ1) is 12.5. The standard InChI is InChI=1S/C20H30N2O4/c1-4-25-19(23)17-9-11-22(12-10-17)20(24)21-13-16-5-7-18(8-6-16)26-14-15(2)3/h5-8,15,17H,4,9-14H2,1-3H3,(H,21,24). The molecule has 0 aliphatic carbocycles. The maximum Gasteiger partial charge on any atom is 0.317 e. The third-order valence-corrected chi connectivity index (χ3v) is 4.35. The minimum atomic E-state index is -0.146. The van der Waals surface area contributed by atoms with Gasteiger partial charge in [0.15, 0.2) is 0 Å². The van der Waals surface area contributed by atoms with E-state index in [0.29, 0.717) is 51.6 Å². The van der Waals surface area contributed by atoms with Gasteiger partial charge in [0.25, 0.3) is 0 Å². The first kappa shape index (κ1) is 20.1. The Morgan fingerprint density at radius 1 is 1.19 bits per heavy atom. The van der Waals surface area contributed by atoms with Gasteiger partial charge >= 0.3 is 12.0 Å². The van der Waals surface area contributed by atoms with Gasteiger partial charge < -0.3 is 19.7 Å². The van der Waals surface area contributed by atoms with Crippen LogP contribution in [-0.2, 0) is 16.1 Å². The summed E-state index contributed by atoms with van der Waals surface area (Å²) in [5.74, 6) is 1.10. The lowest BCUT2D eigenvalue weighted by Crippen LogP contribution is -2.45. The molecule has 0 spiro atoms. The van der Waals surface area contributed by atoms with E-state index in [1.54, 1.807) is 4.90 Å². The maximum absolute atomic E-state index is 12.3. The van der Waals surface area contributed by atoms with Crippen LogP contribution < -0.4 is 10.1 Å². The Morgan fingerprint density at radius 3 is 2.42 bits per heavy atom. The number of nitrogens with zero attached hydrogens (tertiary/aromatic N) is 1. The van der Waals surface area contributed by atoms with Gasteiger partial charge in [-0.3, -0.25) is 4.79 Å². The second-order valence-electron chi connectivity index (χ2n) is 7.02. The lowest BCUT2D eigenvalue weighted by atomic mass is 9.97. The molecule has 1 aromatic rings. The molecule has 2 amide bonds. The highest BCUT2D eigenvalue weighted by atomic mass is 16.5. The van der Waals surface area contributed by atoms with Crippen molar-refractivity contribution in [1.29, 1.82) is 0 Å². The van der Waals surface area contributed by atoms with Crippen LogP contribution in [0.25, 0.3) is 0 Å². The van der Waals surface area contributed by atoms with Crippen molar-refractivity contribution in [3.05, 3.63) is 29.8 Å². The molecule has 1 N–H and O–H groups in total. The maximum atomic E-state index is 12.3. The number of rotatable bonds is 7. The van der Waals surface area contributed by atoms with E-state index in [1.807, 2.05) is 31.2 Å². The van der Waals surface area contributed by atoms with E-state index in [2.05, 4.69) is 19.2 Å². The number of benzene rings is 1. The molecular weight excluding hydrogens is 332 g/mol. The highest BCUT2D eigenvalue weighted by molar-refractivity contribution is 5.76. The van der Waals surface area contributed by atoms with Gasteiger partial charge in [0, 0.05) is 19.6 Å². The number of piperidine rings is 1. The Morgan fingerprint density at radius 2 is 1.85 bits per heavy atom. The van der Waals surface area contributed by atoms with Gasteiger partial charge in [-0.15, -0.1) is 0 Å². The minimum Gasteiger partial charge on any atom is -0.493 e. The summed E-state index contributed by atoms with van der Waals surface area (Å²) in [5.41, 5.74) is 1.02. The zero-order valence-electron chi connectivity index (χ0n) is 16.0. The highest BCUT2D eigenvalue weighted by Gasteiger charge is 2.27. The van der Waals surface area contributed by atoms with Crippen molar-refractivity contribution >= 4 is 12.0 Å². The highest BCUT2D eigenvalue weighted by Crippen LogP contribution is 2.19. The minimum absolute atomic E-state index is 0.0858. The summed E-state index contributed by atoms with van der Waals surface area (Å²) >= 11 is 0. The van der Waals surface area contributed by atoms with E-state index < -0.39 is 0 Å². The molecule has 0 atom stereocenters. The van der Waals surface area contributed by atoms with Crippen molar-refractivity contribution in [2.75, 3.05) is 26.3 Å². The van der Waals surface area contributed by atoms with Gasteiger partial charge in [0.05, 0.1) is 19.1 Å². The van der Waals surface area contributed by atoms with Crippen LogP contribution >= 0.6 is 0 Å². The lowest BCUT2D eigenvalue weighted by molar-refractivity contribution is -0.149. The molecular formula is C20H30N2O4. The molecule has 0 unspecified atom stereocenters. The fourth-order valence-electron chi connectivity index (χ4n) is 2.83. The number of likely N-dealkylation sites (tertiary alicyclic amines) is 1. The van der Waals surface area contributed by atoms with Crippen molar-refractivity contribution in [1.82, 2.24) is 10.2 Å². The number of nitrogens with one attached hydrogen (secondary N) is 1. The number of esters is 1. The monoisotopic (exact) mass is 362 g/mol. The van der Waals surface area contributed by atoms with Crippen molar-refractivity contribution in [2.45, 2.75) is 40.2 Å². The van der Waals surface area contributed by atoms with Crippen molar-refractivity contribution in [3.63, 3.8) is 0 Å². The SMILES string of the molecule is CCOC(=O)C1CCN(C(=O)NCc2ccc(OCC(C)C)cc2)CC1. The first-order valence-electron chi connectivity index (χ1n) is 9.40. The van der Waals surface area contributed by atoms with Gasteiger partial charge in [-0.2, -0.15) is 0 Å². The topological polar surface area (TPSA) is 67.9 Å². The fourth-order valence-corrected chi connectivity index (χ4v) is 2.83. The molecule has 2 rings (SSSR count). The Kier molecular flexibility index (Phi) is 7.75. The van der Waals surface area contributed by atoms with Crippen molar-refractivity contribution < 1.29 is 19.1 Å². The molecule has 0 radical (unpaired) electrons. The molecule has 1 aliphatic heterocycles. The summed E-state index contributed by atoms with van der Waals surface area (Å²) in [6, 6.07) is 7.68. The van der Waals surface area contributed by atoms with Crippen LogP contribution in [0.5, 0.6) is 5.75 Å². The van der Waals surface area contributed by atoms with Crippen LogP contribution in [0.2, 0.25) is 0 Å². The number of ether oxygens (including phenoxy) is 2. The molecule has 6 heteroatoms. The summed E-state index contributed by atoms with van der Waals surface area (Å²) in [7, 11) is 0. The van der Waals surface area contributed by atoms with E-state index in [4.69, 9.17) is 9.47 Å². The number of carbonyl (C=O) groups excluding carboxylic acids is 2. The zero-order chi connectivity index (χ0) is 18.9. The Balaban J connectivity index is 1.73. The molecule has 1 aromatic carbocycles. The fraction of sp³-hybridized carbons (Fsp3) is 0.600. The third kappa shape index (κ3) is 6.24. The zero-order valence-corrected chi connectivity index (χ0v) is 16.0. The largest absolute Gasteiger partial charge is 0.493 e. The molecule has 1 saturated heterocycles. The Bertz CT molecular complexity index is 578. The number of hydrogen-bond acceptors (Lipinski definition) is 4. The number of amides is 2. The molecule has 0 saturated carbocycles. The molecule has 0 bridgehead atoms. The first-order valence-corrected chi connectivity index (χ1v) is 9.40. The molecule has 144 valence electrons. The summed E-state index contributed by atoms with van der Waals surface area (Å²) in [6.07, 6.45) is 1.32. The summed E-state index contributed by atoms with van der Waals surface area (Å²) < 4.78 is 10.7. The van der Waals surface area contributed by atoms with Crippen LogP contribution in [0, 0.1) is 11.8 Å². The van der Waals surface area contributed by atoms with Crippen molar-refractivity contribution in [2.24, 2.45) is 11.8 Å². The predicted molar refractivity (Wildman–Crippen MR) is 99.9 cm³/mol. The molecule has 1 heterocycles. The van der Waals surface area contributed by atoms with Crippen molar-refractivity contribution in [3.8, 4) is 5.75 Å². The number of carbonyl (C=O) groups is 2. The Hall–Kier alpha value is -2.24. The molecule has 26 heavy (non-hydrogen) atoms. The number of hydrogen-bond donors (Lipinski definition) is 1.